The monoisotopic (exact) mass is 294 g/mol. The predicted molar refractivity (Wildman–Crippen MR) is 74.6 cm³/mol. The Morgan fingerprint density at radius 3 is 2.70 bits per heavy atom. The minimum atomic E-state index is -0.815. The predicted octanol–water partition coefficient (Wildman–Crippen LogP) is 2.00. The number of hydrogen-bond donors (Lipinski definition) is 2. The van der Waals surface area contributed by atoms with Gasteiger partial charge in [-0.15, -0.1) is 0 Å². The number of benzene rings is 1. The molecule has 2 bridgehead atoms. The molecule has 1 amide bonds. The number of nitrogen functional groups attached to an aromatic ring is 1. The molecule has 20 heavy (non-hydrogen) atoms. The number of carbonyl (C=O) groups excluding carboxylic acids is 1. The zero-order valence-corrected chi connectivity index (χ0v) is 11.5. The van der Waals surface area contributed by atoms with Gasteiger partial charge in [0.2, 0.25) is 0 Å². The summed E-state index contributed by atoms with van der Waals surface area (Å²) in [4.78, 5) is 25.5. The van der Waals surface area contributed by atoms with Crippen LogP contribution < -0.4 is 5.73 Å². The summed E-state index contributed by atoms with van der Waals surface area (Å²) in [5, 5.41) is 9.55. The zero-order valence-electron chi connectivity index (χ0n) is 10.8. The van der Waals surface area contributed by atoms with Crippen molar-refractivity contribution in [2.45, 2.75) is 31.3 Å². The molecule has 5 nitrogen and oxygen atoms in total. The summed E-state index contributed by atoms with van der Waals surface area (Å²) < 4.78 is 0. The molecule has 2 aliphatic rings. The van der Waals surface area contributed by atoms with E-state index in [0.29, 0.717) is 22.7 Å². The summed E-state index contributed by atoms with van der Waals surface area (Å²) >= 11 is 5.94. The third-order valence-corrected chi connectivity index (χ3v) is 4.66. The van der Waals surface area contributed by atoms with E-state index in [2.05, 4.69) is 0 Å². The average Bonchev–Trinajstić information content (AvgIpc) is 2.98. The Labute approximate surface area is 121 Å². The number of halogens is 1. The lowest BCUT2D eigenvalue weighted by molar-refractivity contribution is -0.142. The van der Waals surface area contributed by atoms with Crippen LogP contribution in [0.1, 0.15) is 29.6 Å². The topological polar surface area (TPSA) is 83.6 Å². The van der Waals surface area contributed by atoms with E-state index in [1.807, 2.05) is 0 Å². The van der Waals surface area contributed by atoms with Crippen molar-refractivity contribution in [3.8, 4) is 0 Å². The fourth-order valence-electron chi connectivity index (χ4n) is 3.38. The number of hydrogen-bond acceptors (Lipinski definition) is 3. The van der Waals surface area contributed by atoms with Crippen LogP contribution in [0.2, 0.25) is 5.02 Å². The third-order valence-electron chi connectivity index (χ3n) is 4.34. The zero-order chi connectivity index (χ0) is 14.4. The highest BCUT2D eigenvalue weighted by Crippen LogP contribution is 2.42. The number of carbonyl (C=O) groups is 2. The molecule has 1 aromatic carbocycles. The number of anilines is 1. The van der Waals surface area contributed by atoms with Crippen molar-refractivity contribution in [2.75, 3.05) is 5.73 Å². The molecular weight excluding hydrogens is 280 g/mol. The molecule has 0 saturated carbocycles. The summed E-state index contributed by atoms with van der Waals surface area (Å²) in [6.45, 7) is 0. The Bertz CT molecular complexity index is 590. The second kappa shape index (κ2) is 4.66. The Hall–Kier alpha value is -1.75. The van der Waals surface area contributed by atoms with Crippen molar-refractivity contribution in [1.82, 2.24) is 4.90 Å². The first-order valence-corrected chi connectivity index (χ1v) is 6.97. The SMILES string of the molecule is Nc1ccc(C(=O)N2C3CCC2C(C(=O)O)C3)cc1Cl. The first-order valence-electron chi connectivity index (χ1n) is 6.59. The number of nitrogens with two attached hydrogens (primary N) is 1. The Morgan fingerprint density at radius 1 is 1.35 bits per heavy atom. The van der Waals surface area contributed by atoms with Crippen molar-refractivity contribution in [3.05, 3.63) is 28.8 Å². The van der Waals surface area contributed by atoms with E-state index in [1.165, 1.54) is 0 Å². The summed E-state index contributed by atoms with van der Waals surface area (Å²) in [6, 6.07) is 4.62. The average molecular weight is 295 g/mol. The first-order chi connectivity index (χ1) is 9.49. The van der Waals surface area contributed by atoms with E-state index in [9.17, 15) is 14.7 Å². The largest absolute Gasteiger partial charge is 0.481 e. The molecule has 3 rings (SSSR count). The molecule has 6 heteroatoms. The smallest absolute Gasteiger partial charge is 0.308 e. The van der Waals surface area contributed by atoms with Crippen molar-refractivity contribution >= 4 is 29.2 Å². The van der Waals surface area contributed by atoms with Gasteiger partial charge in [0.1, 0.15) is 0 Å². The molecule has 0 aromatic heterocycles. The van der Waals surface area contributed by atoms with Crippen LogP contribution in [0.3, 0.4) is 0 Å². The normalized spacial score (nSPS) is 27.9. The van der Waals surface area contributed by atoms with E-state index < -0.39 is 11.9 Å². The summed E-state index contributed by atoms with van der Waals surface area (Å²) in [5.74, 6) is -1.41. The van der Waals surface area contributed by atoms with E-state index in [1.54, 1.807) is 23.1 Å². The Morgan fingerprint density at radius 2 is 2.10 bits per heavy atom. The lowest BCUT2D eigenvalue weighted by Crippen LogP contribution is -2.37. The van der Waals surface area contributed by atoms with Gasteiger partial charge in [-0.25, -0.2) is 0 Å². The maximum absolute atomic E-state index is 12.6. The van der Waals surface area contributed by atoms with Crippen molar-refractivity contribution in [2.24, 2.45) is 5.92 Å². The number of aliphatic carboxylic acids is 1. The van der Waals surface area contributed by atoms with Gasteiger partial charge < -0.3 is 15.7 Å². The molecule has 2 fully saturated rings. The van der Waals surface area contributed by atoms with Gasteiger partial charge in [0, 0.05) is 17.6 Å². The fourth-order valence-corrected chi connectivity index (χ4v) is 3.56. The quantitative estimate of drug-likeness (QED) is 0.817. The van der Waals surface area contributed by atoms with E-state index in [0.717, 1.165) is 12.8 Å². The van der Waals surface area contributed by atoms with Crippen molar-refractivity contribution in [1.29, 1.82) is 0 Å². The van der Waals surface area contributed by atoms with Crippen molar-refractivity contribution in [3.63, 3.8) is 0 Å². The van der Waals surface area contributed by atoms with Crippen LogP contribution in [0.25, 0.3) is 0 Å². The molecule has 3 atom stereocenters. The molecule has 0 radical (unpaired) electrons. The van der Waals surface area contributed by atoms with Gasteiger partial charge in [-0.2, -0.15) is 0 Å². The van der Waals surface area contributed by atoms with Crippen LogP contribution in [-0.4, -0.2) is 34.0 Å². The van der Waals surface area contributed by atoms with Gasteiger partial charge in [-0.3, -0.25) is 9.59 Å². The van der Waals surface area contributed by atoms with Gasteiger partial charge in [0.25, 0.3) is 5.91 Å². The second-order valence-corrected chi connectivity index (χ2v) is 5.83. The van der Waals surface area contributed by atoms with Crippen LogP contribution >= 0.6 is 11.6 Å². The molecular formula is C14H15ClN2O3. The van der Waals surface area contributed by atoms with Crippen LogP contribution in [0.5, 0.6) is 0 Å². The molecule has 0 spiro atoms. The van der Waals surface area contributed by atoms with E-state index >= 15 is 0 Å². The molecule has 1 aromatic rings. The van der Waals surface area contributed by atoms with E-state index in [-0.39, 0.29) is 18.0 Å². The van der Waals surface area contributed by atoms with Gasteiger partial charge >= 0.3 is 5.97 Å². The van der Waals surface area contributed by atoms with Gasteiger partial charge in [-0.05, 0) is 37.5 Å². The molecule has 2 saturated heterocycles. The number of rotatable bonds is 2. The maximum Gasteiger partial charge on any atom is 0.308 e. The number of fused-ring (bicyclic) bond motifs is 2. The molecule has 106 valence electrons. The lowest BCUT2D eigenvalue weighted by atomic mass is 9.89. The summed E-state index contributed by atoms with van der Waals surface area (Å²) in [7, 11) is 0. The van der Waals surface area contributed by atoms with Crippen LogP contribution in [0, 0.1) is 5.92 Å². The highest BCUT2D eigenvalue weighted by molar-refractivity contribution is 6.33. The highest BCUT2D eigenvalue weighted by Gasteiger charge is 2.51. The number of carboxylic acid groups (broad SMARTS) is 1. The molecule has 3 unspecified atom stereocenters. The molecule has 2 aliphatic heterocycles. The molecule has 2 heterocycles. The van der Waals surface area contributed by atoms with Crippen molar-refractivity contribution < 1.29 is 14.7 Å². The Balaban J connectivity index is 1.88. The second-order valence-electron chi connectivity index (χ2n) is 5.43. The van der Waals surface area contributed by atoms with E-state index in [4.69, 9.17) is 17.3 Å². The van der Waals surface area contributed by atoms with Crippen LogP contribution in [0.4, 0.5) is 5.69 Å². The first kappa shape index (κ1) is 13.2. The van der Waals surface area contributed by atoms with Gasteiger partial charge in [-0.1, -0.05) is 11.6 Å². The number of nitrogens with zero attached hydrogens (tertiary/aromatic N) is 1. The maximum atomic E-state index is 12.6. The minimum absolute atomic E-state index is 0.0323. The van der Waals surface area contributed by atoms with Gasteiger partial charge in [0.05, 0.1) is 16.6 Å². The van der Waals surface area contributed by atoms with Crippen LogP contribution in [-0.2, 0) is 4.79 Å². The third kappa shape index (κ3) is 1.93. The number of amides is 1. The summed E-state index contributed by atoms with van der Waals surface area (Å²) in [6.07, 6.45) is 2.19. The van der Waals surface area contributed by atoms with Gasteiger partial charge in [0.15, 0.2) is 0 Å². The minimum Gasteiger partial charge on any atom is -0.481 e. The molecule has 3 N–H and O–H groups in total. The fraction of sp³-hybridized carbons (Fsp3) is 0.429. The highest BCUT2D eigenvalue weighted by atomic mass is 35.5. The van der Waals surface area contributed by atoms with Crippen LogP contribution in [0.15, 0.2) is 18.2 Å². The standard InChI is InChI=1S/C14H15ClN2O3/c15-10-5-7(1-3-11(10)16)13(18)17-8-2-4-12(17)9(6-8)14(19)20/h1,3,5,8-9,12H,2,4,6,16H2,(H,19,20). The lowest BCUT2D eigenvalue weighted by Gasteiger charge is -2.23. The number of carboxylic acids is 1. The summed E-state index contributed by atoms with van der Waals surface area (Å²) in [5.41, 5.74) is 6.53. The Kier molecular flexibility index (Phi) is 3.09. The molecule has 0 aliphatic carbocycles.